The predicted molar refractivity (Wildman–Crippen MR) is 78.1 cm³/mol. The number of pyridine rings is 1. The third-order valence-corrected chi connectivity index (χ3v) is 3.85. The number of allylic oxidation sites excluding steroid dienone is 2. The highest BCUT2D eigenvalue weighted by Gasteiger charge is 2.18. The van der Waals surface area contributed by atoms with Gasteiger partial charge >= 0.3 is 0 Å². The first kappa shape index (κ1) is 13.4. The standard InChI is InChI=1S/C15H21ClN2/c1-10-6-11(2)8-13(7-10)9-18-14-12(3)4-5-17-15(14)16/h4-6,10,13,18H,7-9H2,1-3H3. The van der Waals surface area contributed by atoms with Gasteiger partial charge in [-0.15, -0.1) is 0 Å². The highest BCUT2D eigenvalue weighted by molar-refractivity contribution is 6.32. The van der Waals surface area contributed by atoms with Gasteiger partial charge in [-0.25, -0.2) is 4.98 Å². The monoisotopic (exact) mass is 264 g/mol. The fourth-order valence-electron chi connectivity index (χ4n) is 2.83. The number of halogens is 1. The van der Waals surface area contributed by atoms with Crippen molar-refractivity contribution in [1.82, 2.24) is 4.98 Å². The number of nitrogens with one attached hydrogen (secondary N) is 1. The van der Waals surface area contributed by atoms with Gasteiger partial charge in [0.05, 0.1) is 5.69 Å². The molecular weight excluding hydrogens is 244 g/mol. The minimum atomic E-state index is 0.575. The molecule has 2 unspecified atom stereocenters. The van der Waals surface area contributed by atoms with Crippen molar-refractivity contribution in [2.75, 3.05) is 11.9 Å². The molecule has 1 heterocycles. The second-order valence-electron chi connectivity index (χ2n) is 5.47. The molecule has 2 atom stereocenters. The third kappa shape index (κ3) is 3.26. The molecule has 1 aliphatic carbocycles. The molecule has 3 heteroatoms. The molecule has 18 heavy (non-hydrogen) atoms. The quantitative estimate of drug-likeness (QED) is 0.645. The van der Waals surface area contributed by atoms with Crippen LogP contribution in [0.25, 0.3) is 0 Å². The fraction of sp³-hybridized carbons (Fsp3) is 0.533. The van der Waals surface area contributed by atoms with Crippen molar-refractivity contribution in [3.63, 3.8) is 0 Å². The Morgan fingerprint density at radius 1 is 1.44 bits per heavy atom. The molecule has 0 bridgehead atoms. The third-order valence-electron chi connectivity index (χ3n) is 3.57. The van der Waals surface area contributed by atoms with Crippen LogP contribution in [-0.4, -0.2) is 11.5 Å². The lowest BCUT2D eigenvalue weighted by Crippen LogP contribution is -2.20. The van der Waals surface area contributed by atoms with Crippen molar-refractivity contribution in [3.8, 4) is 0 Å². The van der Waals surface area contributed by atoms with E-state index >= 15 is 0 Å². The van der Waals surface area contributed by atoms with Crippen LogP contribution in [0.1, 0.15) is 32.3 Å². The van der Waals surface area contributed by atoms with Crippen LogP contribution in [0.15, 0.2) is 23.9 Å². The zero-order valence-corrected chi connectivity index (χ0v) is 12.1. The van der Waals surface area contributed by atoms with Crippen molar-refractivity contribution in [2.24, 2.45) is 11.8 Å². The normalized spacial score (nSPS) is 23.7. The van der Waals surface area contributed by atoms with Crippen molar-refractivity contribution >= 4 is 17.3 Å². The summed E-state index contributed by atoms with van der Waals surface area (Å²) in [6.45, 7) is 7.55. The number of aryl methyl sites for hydroxylation is 1. The molecule has 2 nitrogen and oxygen atoms in total. The number of rotatable bonds is 3. The molecule has 0 radical (unpaired) electrons. The summed E-state index contributed by atoms with van der Waals surface area (Å²) < 4.78 is 0. The van der Waals surface area contributed by atoms with E-state index in [0.717, 1.165) is 17.8 Å². The number of hydrogen-bond acceptors (Lipinski definition) is 2. The Morgan fingerprint density at radius 3 is 2.89 bits per heavy atom. The van der Waals surface area contributed by atoms with Crippen LogP contribution in [0.5, 0.6) is 0 Å². The SMILES string of the molecule is CC1=CC(C)CC(CNc2c(C)ccnc2Cl)C1. The average molecular weight is 265 g/mol. The minimum absolute atomic E-state index is 0.575. The van der Waals surface area contributed by atoms with Gasteiger partial charge < -0.3 is 5.32 Å². The maximum Gasteiger partial charge on any atom is 0.152 e. The van der Waals surface area contributed by atoms with Gasteiger partial charge in [0, 0.05) is 12.7 Å². The van der Waals surface area contributed by atoms with Crippen LogP contribution in [0.2, 0.25) is 5.15 Å². The molecule has 0 amide bonds. The molecule has 0 saturated heterocycles. The lowest BCUT2D eigenvalue weighted by Gasteiger charge is -2.26. The van der Waals surface area contributed by atoms with Crippen LogP contribution in [0, 0.1) is 18.8 Å². The number of nitrogens with zero attached hydrogens (tertiary/aromatic N) is 1. The van der Waals surface area contributed by atoms with Crippen molar-refractivity contribution in [2.45, 2.75) is 33.6 Å². The van der Waals surface area contributed by atoms with Gasteiger partial charge in [0.2, 0.25) is 0 Å². The minimum Gasteiger partial charge on any atom is -0.382 e. The molecule has 1 aromatic rings. The largest absolute Gasteiger partial charge is 0.382 e. The molecule has 2 rings (SSSR count). The summed E-state index contributed by atoms with van der Waals surface area (Å²) in [5.41, 5.74) is 3.65. The van der Waals surface area contributed by atoms with Crippen molar-refractivity contribution in [1.29, 1.82) is 0 Å². The average Bonchev–Trinajstić information content (AvgIpc) is 2.27. The van der Waals surface area contributed by atoms with E-state index in [4.69, 9.17) is 11.6 Å². The Hall–Kier alpha value is -1.02. The summed E-state index contributed by atoms with van der Waals surface area (Å²) in [6, 6.07) is 1.99. The van der Waals surface area contributed by atoms with Gasteiger partial charge in [0.25, 0.3) is 0 Å². The van der Waals surface area contributed by atoms with Gasteiger partial charge in [-0.05, 0) is 50.2 Å². The molecule has 1 N–H and O–H groups in total. The number of hydrogen-bond donors (Lipinski definition) is 1. The Kier molecular flexibility index (Phi) is 4.28. The molecule has 0 aliphatic heterocycles. The molecule has 0 aromatic carbocycles. The summed E-state index contributed by atoms with van der Waals surface area (Å²) in [5, 5.41) is 4.05. The highest BCUT2D eigenvalue weighted by Crippen LogP contribution is 2.29. The van der Waals surface area contributed by atoms with Crippen LogP contribution in [-0.2, 0) is 0 Å². The van der Waals surface area contributed by atoms with Crippen LogP contribution in [0.3, 0.4) is 0 Å². The van der Waals surface area contributed by atoms with Crippen molar-refractivity contribution < 1.29 is 0 Å². The lowest BCUT2D eigenvalue weighted by atomic mass is 9.83. The first-order valence-electron chi connectivity index (χ1n) is 6.58. The van der Waals surface area contributed by atoms with Gasteiger partial charge in [-0.3, -0.25) is 0 Å². The van der Waals surface area contributed by atoms with Gasteiger partial charge in [-0.2, -0.15) is 0 Å². The molecular formula is C15H21ClN2. The maximum absolute atomic E-state index is 6.12. The molecule has 1 aromatic heterocycles. The molecule has 0 saturated carbocycles. The Morgan fingerprint density at radius 2 is 2.22 bits per heavy atom. The second-order valence-corrected chi connectivity index (χ2v) is 5.83. The van der Waals surface area contributed by atoms with E-state index in [2.05, 4.69) is 37.1 Å². The van der Waals surface area contributed by atoms with E-state index in [1.165, 1.54) is 18.4 Å². The van der Waals surface area contributed by atoms with Crippen LogP contribution in [0.4, 0.5) is 5.69 Å². The molecule has 1 aliphatic rings. The molecule has 0 fully saturated rings. The van der Waals surface area contributed by atoms with Crippen LogP contribution >= 0.6 is 11.6 Å². The summed E-state index contributed by atoms with van der Waals surface area (Å²) in [4.78, 5) is 4.13. The Labute approximate surface area is 114 Å². The van der Waals surface area contributed by atoms with E-state index in [0.29, 0.717) is 17.0 Å². The Balaban J connectivity index is 1.98. The lowest BCUT2D eigenvalue weighted by molar-refractivity contribution is 0.421. The van der Waals surface area contributed by atoms with Gasteiger partial charge in [-0.1, -0.05) is 30.2 Å². The van der Waals surface area contributed by atoms with Gasteiger partial charge in [0.15, 0.2) is 5.15 Å². The van der Waals surface area contributed by atoms with E-state index in [1.54, 1.807) is 6.20 Å². The second kappa shape index (κ2) is 5.75. The highest BCUT2D eigenvalue weighted by atomic mass is 35.5. The maximum atomic E-state index is 6.12. The fourth-order valence-corrected chi connectivity index (χ4v) is 3.10. The zero-order valence-electron chi connectivity index (χ0n) is 11.3. The predicted octanol–water partition coefficient (Wildman–Crippen LogP) is 4.45. The summed E-state index contributed by atoms with van der Waals surface area (Å²) >= 11 is 6.12. The number of anilines is 1. The van der Waals surface area contributed by atoms with Crippen molar-refractivity contribution in [3.05, 3.63) is 34.6 Å². The first-order chi connectivity index (χ1) is 8.56. The summed E-state index contributed by atoms with van der Waals surface area (Å²) in [7, 11) is 0. The van der Waals surface area contributed by atoms with E-state index < -0.39 is 0 Å². The van der Waals surface area contributed by atoms with E-state index in [-0.39, 0.29) is 0 Å². The van der Waals surface area contributed by atoms with E-state index in [1.807, 2.05) is 6.07 Å². The first-order valence-corrected chi connectivity index (χ1v) is 6.96. The smallest absolute Gasteiger partial charge is 0.152 e. The number of aromatic nitrogens is 1. The van der Waals surface area contributed by atoms with Gasteiger partial charge in [0.1, 0.15) is 0 Å². The molecule has 0 spiro atoms. The van der Waals surface area contributed by atoms with E-state index in [9.17, 15) is 0 Å². The summed E-state index contributed by atoms with van der Waals surface area (Å²) in [5.74, 6) is 1.39. The molecule has 98 valence electrons. The topological polar surface area (TPSA) is 24.9 Å². The van der Waals surface area contributed by atoms with Crippen LogP contribution < -0.4 is 5.32 Å². The Bertz CT molecular complexity index is 434. The summed E-state index contributed by atoms with van der Waals surface area (Å²) in [6.07, 6.45) is 6.58. The zero-order chi connectivity index (χ0) is 13.1.